The lowest BCUT2D eigenvalue weighted by molar-refractivity contribution is 0.0689. The molecular weight excluding hydrogens is 474 g/mol. The van der Waals surface area contributed by atoms with E-state index in [0.717, 1.165) is 22.6 Å². The normalized spacial score (nSPS) is 22.4. The Morgan fingerprint density at radius 3 is 2.56 bits per heavy atom. The van der Waals surface area contributed by atoms with E-state index in [1.54, 1.807) is 18.3 Å². The molecule has 2 fully saturated rings. The number of hydrogen-bond donors (Lipinski definition) is 3. The molecule has 5 rings (SSSR count). The first-order valence-corrected chi connectivity index (χ1v) is 12.1. The van der Waals surface area contributed by atoms with Crippen LogP contribution in [0, 0.1) is 11.3 Å². The second-order valence-corrected chi connectivity index (χ2v) is 9.36. The molecule has 36 heavy (non-hydrogen) atoms. The van der Waals surface area contributed by atoms with Gasteiger partial charge in [-0.25, -0.2) is 9.97 Å². The Morgan fingerprint density at radius 2 is 1.81 bits per heavy atom. The van der Waals surface area contributed by atoms with Crippen LogP contribution in [-0.4, -0.2) is 66.7 Å². The number of ether oxygens (including phenoxy) is 2. The third kappa shape index (κ3) is 5.23. The van der Waals surface area contributed by atoms with Crippen molar-refractivity contribution in [1.82, 2.24) is 15.3 Å². The molecule has 3 aromatic rings. The van der Waals surface area contributed by atoms with Crippen molar-refractivity contribution in [1.29, 1.82) is 5.26 Å². The first-order valence-electron chi connectivity index (χ1n) is 11.7. The van der Waals surface area contributed by atoms with Crippen LogP contribution in [0.5, 0.6) is 0 Å². The lowest BCUT2D eigenvalue weighted by Gasteiger charge is -2.20. The summed E-state index contributed by atoms with van der Waals surface area (Å²) in [7, 11) is 4.03. The van der Waals surface area contributed by atoms with Crippen LogP contribution in [0.2, 0.25) is 0 Å². The Bertz CT molecular complexity index is 1280. The number of nitriles is 1. The molecular formula is C26H27N7O2S. The van der Waals surface area contributed by atoms with Crippen molar-refractivity contribution in [3.63, 3.8) is 0 Å². The van der Waals surface area contributed by atoms with E-state index >= 15 is 0 Å². The maximum absolute atomic E-state index is 9.08. The fourth-order valence-electron chi connectivity index (χ4n) is 4.43. The second kappa shape index (κ2) is 10.5. The quantitative estimate of drug-likeness (QED) is 0.436. The fraction of sp³-hybridized carbons (Fsp3) is 0.308. The summed E-state index contributed by atoms with van der Waals surface area (Å²) in [5.41, 5.74) is 4.32. The smallest absolute Gasteiger partial charge is 0.223 e. The third-order valence-corrected chi connectivity index (χ3v) is 6.49. The van der Waals surface area contributed by atoms with Crippen molar-refractivity contribution >= 4 is 34.7 Å². The summed E-state index contributed by atoms with van der Waals surface area (Å²) in [6.45, 7) is 0.940. The number of rotatable bonds is 6. The Kier molecular flexibility index (Phi) is 6.95. The number of anilines is 3. The first-order chi connectivity index (χ1) is 17.5. The molecule has 2 aliphatic heterocycles. The van der Waals surface area contributed by atoms with E-state index in [1.807, 2.05) is 32.3 Å². The minimum atomic E-state index is -0.158. The number of fused-ring (bicyclic) bond motifs is 1. The second-order valence-electron chi connectivity index (χ2n) is 8.95. The highest BCUT2D eigenvalue weighted by Gasteiger charge is 2.48. The number of hydrogen-bond acceptors (Lipinski definition) is 8. The van der Waals surface area contributed by atoms with Crippen molar-refractivity contribution in [2.45, 2.75) is 24.3 Å². The molecule has 1 aromatic heterocycles. The molecule has 0 radical (unpaired) electrons. The Morgan fingerprint density at radius 1 is 1.06 bits per heavy atom. The number of thiocarbonyl (C=S) groups is 1. The summed E-state index contributed by atoms with van der Waals surface area (Å²) in [5, 5.41) is 19.3. The molecule has 2 saturated heterocycles. The number of nitrogens with one attached hydrogen (secondary N) is 3. The van der Waals surface area contributed by atoms with Gasteiger partial charge >= 0.3 is 0 Å². The van der Waals surface area contributed by atoms with Crippen LogP contribution >= 0.6 is 12.2 Å². The molecule has 0 spiro atoms. The van der Waals surface area contributed by atoms with Crippen LogP contribution in [0.1, 0.15) is 5.56 Å². The maximum atomic E-state index is 9.08. The molecule has 184 valence electrons. The Balaban J connectivity index is 1.19. The zero-order valence-corrected chi connectivity index (χ0v) is 20.8. The molecule has 0 unspecified atom stereocenters. The van der Waals surface area contributed by atoms with Crippen molar-refractivity contribution < 1.29 is 9.47 Å². The van der Waals surface area contributed by atoms with Gasteiger partial charge in [0.15, 0.2) is 5.11 Å². The highest BCUT2D eigenvalue weighted by molar-refractivity contribution is 7.80. The topological polar surface area (TPSA) is 107 Å². The van der Waals surface area contributed by atoms with E-state index in [-0.39, 0.29) is 24.3 Å². The number of aromatic nitrogens is 2. The summed E-state index contributed by atoms with van der Waals surface area (Å²) >= 11 is 5.47. The van der Waals surface area contributed by atoms with Gasteiger partial charge in [-0.2, -0.15) is 5.26 Å². The van der Waals surface area contributed by atoms with Gasteiger partial charge in [-0.1, -0.05) is 18.2 Å². The van der Waals surface area contributed by atoms with Gasteiger partial charge in [0.1, 0.15) is 12.2 Å². The molecule has 0 amide bonds. The van der Waals surface area contributed by atoms with Gasteiger partial charge in [-0.15, -0.1) is 0 Å². The van der Waals surface area contributed by atoms with Gasteiger partial charge in [-0.05, 0) is 48.6 Å². The van der Waals surface area contributed by atoms with Gasteiger partial charge in [0.25, 0.3) is 0 Å². The molecule has 10 heteroatoms. The average Bonchev–Trinajstić information content (AvgIpc) is 3.47. The van der Waals surface area contributed by atoms with Crippen LogP contribution in [0.15, 0.2) is 60.8 Å². The monoisotopic (exact) mass is 501 g/mol. The van der Waals surface area contributed by atoms with Crippen LogP contribution in [0.4, 0.5) is 17.3 Å². The standard InChI is InChI=1S/C26H27N7O2S/c1-33(2)19-8-6-17(7-9-19)20-10-11-28-25(30-20)31-21-14-34-24-22(15-35-23(21)24)32-26(36)29-18-5-3-4-16(12-18)13-27/h3-12,21-24H,14-15H2,1-2H3,(H,28,30,31)(H2,29,32,36)/t21-,22+,23-,24+/m1/s1. The van der Waals surface area contributed by atoms with Gasteiger partial charge in [-0.3, -0.25) is 0 Å². The number of nitrogens with zero attached hydrogens (tertiary/aromatic N) is 4. The summed E-state index contributed by atoms with van der Waals surface area (Å²) < 4.78 is 12.1. The van der Waals surface area contributed by atoms with E-state index in [1.165, 1.54) is 0 Å². The highest BCUT2D eigenvalue weighted by atomic mass is 32.1. The third-order valence-electron chi connectivity index (χ3n) is 6.27. The largest absolute Gasteiger partial charge is 0.378 e. The molecule has 4 atom stereocenters. The van der Waals surface area contributed by atoms with E-state index in [4.69, 9.17) is 31.9 Å². The van der Waals surface area contributed by atoms with Crippen molar-refractivity contribution in [3.05, 3.63) is 66.4 Å². The van der Waals surface area contributed by atoms with Gasteiger partial charge in [0.2, 0.25) is 5.95 Å². The lowest BCUT2D eigenvalue weighted by Crippen LogP contribution is -2.46. The van der Waals surface area contributed by atoms with Crippen molar-refractivity contribution in [2.24, 2.45) is 0 Å². The van der Waals surface area contributed by atoms with E-state index in [2.05, 4.69) is 56.2 Å². The van der Waals surface area contributed by atoms with Crippen LogP contribution in [0.25, 0.3) is 11.3 Å². The maximum Gasteiger partial charge on any atom is 0.223 e. The zero-order chi connectivity index (χ0) is 25.1. The Hall–Kier alpha value is -3.78. The van der Waals surface area contributed by atoms with E-state index in [0.29, 0.717) is 29.8 Å². The molecule has 0 bridgehead atoms. The zero-order valence-electron chi connectivity index (χ0n) is 20.0. The van der Waals surface area contributed by atoms with E-state index < -0.39 is 0 Å². The number of benzene rings is 2. The fourth-order valence-corrected chi connectivity index (χ4v) is 4.70. The van der Waals surface area contributed by atoms with Gasteiger partial charge < -0.3 is 30.3 Å². The molecule has 0 aliphatic carbocycles. The van der Waals surface area contributed by atoms with Gasteiger partial charge in [0.05, 0.1) is 42.6 Å². The van der Waals surface area contributed by atoms with Crippen LogP contribution in [0.3, 0.4) is 0 Å². The van der Waals surface area contributed by atoms with Crippen molar-refractivity contribution in [2.75, 3.05) is 42.8 Å². The molecule has 3 N–H and O–H groups in total. The summed E-state index contributed by atoms with van der Waals surface area (Å²) in [6.07, 6.45) is 1.44. The van der Waals surface area contributed by atoms with Crippen molar-refractivity contribution in [3.8, 4) is 17.3 Å². The lowest BCUT2D eigenvalue weighted by atomic mass is 10.1. The molecule has 9 nitrogen and oxygen atoms in total. The highest BCUT2D eigenvalue weighted by Crippen LogP contribution is 2.29. The predicted octanol–water partition coefficient (Wildman–Crippen LogP) is 3.01. The molecule has 3 heterocycles. The average molecular weight is 502 g/mol. The first kappa shape index (κ1) is 23.9. The predicted molar refractivity (Wildman–Crippen MR) is 143 cm³/mol. The SMILES string of the molecule is CN(C)c1ccc(-c2ccnc(N[C@@H]3CO[C@@H]4[C@@H]3OC[C@@H]4NC(=S)Nc3cccc(C#N)c3)n2)cc1. The minimum Gasteiger partial charge on any atom is -0.378 e. The molecule has 0 saturated carbocycles. The van der Waals surface area contributed by atoms with E-state index in [9.17, 15) is 0 Å². The Labute approximate surface area is 215 Å². The molecule has 2 aliphatic rings. The summed E-state index contributed by atoms with van der Waals surface area (Å²) in [6, 6.07) is 19.3. The van der Waals surface area contributed by atoms with Crippen LogP contribution in [-0.2, 0) is 9.47 Å². The minimum absolute atomic E-state index is 0.0815. The van der Waals surface area contributed by atoms with Gasteiger partial charge in [0, 0.05) is 37.2 Å². The van der Waals surface area contributed by atoms with Crippen LogP contribution < -0.4 is 20.9 Å². The summed E-state index contributed by atoms with van der Waals surface area (Å²) in [4.78, 5) is 11.2. The molecule has 2 aromatic carbocycles. The summed E-state index contributed by atoms with van der Waals surface area (Å²) in [5.74, 6) is 0.535.